The number of rotatable bonds is 10. The standard InChI is InChI=1S/C23H27BrN4O3S/c1-5-28-21(13-31-19-10-7-15(3)11-20(19)30-6-2)26-27-23(28)32-14-22(29)25-17-8-9-18(24)16(4)12-17/h7-12H,5-6,13-14H2,1-4H3,(H,25,29). The number of hydrogen-bond donors (Lipinski definition) is 1. The van der Waals surface area contributed by atoms with Crippen molar-refractivity contribution in [1.29, 1.82) is 0 Å². The zero-order chi connectivity index (χ0) is 23.1. The minimum absolute atomic E-state index is 0.0961. The van der Waals surface area contributed by atoms with Crippen molar-refractivity contribution in [2.45, 2.75) is 46.0 Å². The van der Waals surface area contributed by atoms with E-state index < -0.39 is 0 Å². The van der Waals surface area contributed by atoms with Crippen LogP contribution in [0.5, 0.6) is 11.5 Å². The van der Waals surface area contributed by atoms with E-state index in [9.17, 15) is 4.79 Å². The van der Waals surface area contributed by atoms with E-state index in [0.29, 0.717) is 35.6 Å². The molecule has 3 aromatic rings. The fourth-order valence-electron chi connectivity index (χ4n) is 3.04. The van der Waals surface area contributed by atoms with Crippen molar-refractivity contribution in [2.24, 2.45) is 0 Å². The molecule has 0 saturated heterocycles. The largest absolute Gasteiger partial charge is 0.490 e. The molecule has 0 fully saturated rings. The monoisotopic (exact) mass is 518 g/mol. The van der Waals surface area contributed by atoms with E-state index in [0.717, 1.165) is 21.3 Å². The van der Waals surface area contributed by atoms with Crippen LogP contribution in [0.2, 0.25) is 0 Å². The first kappa shape index (κ1) is 24.1. The van der Waals surface area contributed by atoms with Crippen molar-refractivity contribution in [3.05, 3.63) is 57.8 Å². The van der Waals surface area contributed by atoms with Gasteiger partial charge in [-0.2, -0.15) is 0 Å². The fraction of sp³-hybridized carbons (Fsp3) is 0.348. The molecule has 170 valence electrons. The first-order chi connectivity index (χ1) is 15.4. The van der Waals surface area contributed by atoms with E-state index in [1.807, 2.05) is 68.7 Å². The third kappa shape index (κ3) is 6.26. The van der Waals surface area contributed by atoms with Gasteiger partial charge in [-0.1, -0.05) is 33.8 Å². The Hall–Kier alpha value is -2.52. The third-order valence-corrected chi connectivity index (χ3v) is 6.50. The molecule has 1 amide bonds. The minimum Gasteiger partial charge on any atom is -0.490 e. The second-order valence-corrected chi connectivity index (χ2v) is 8.91. The van der Waals surface area contributed by atoms with Crippen LogP contribution in [0, 0.1) is 13.8 Å². The van der Waals surface area contributed by atoms with Crippen LogP contribution < -0.4 is 14.8 Å². The van der Waals surface area contributed by atoms with E-state index in [2.05, 4.69) is 31.4 Å². The van der Waals surface area contributed by atoms with Crippen molar-refractivity contribution in [3.63, 3.8) is 0 Å². The number of amides is 1. The van der Waals surface area contributed by atoms with Crippen molar-refractivity contribution >= 4 is 39.3 Å². The Bertz CT molecular complexity index is 1090. The van der Waals surface area contributed by atoms with Crippen molar-refractivity contribution in [3.8, 4) is 11.5 Å². The number of nitrogens with one attached hydrogen (secondary N) is 1. The number of nitrogens with zero attached hydrogens (tertiary/aromatic N) is 3. The Labute approximate surface area is 201 Å². The van der Waals surface area contributed by atoms with Gasteiger partial charge in [-0.15, -0.1) is 10.2 Å². The number of aromatic nitrogens is 3. The summed E-state index contributed by atoms with van der Waals surface area (Å²) in [6.07, 6.45) is 0. The lowest BCUT2D eigenvalue weighted by molar-refractivity contribution is -0.113. The smallest absolute Gasteiger partial charge is 0.234 e. The van der Waals surface area contributed by atoms with Crippen molar-refractivity contribution < 1.29 is 14.3 Å². The summed E-state index contributed by atoms with van der Waals surface area (Å²) in [6.45, 7) is 9.44. The summed E-state index contributed by atoms with van der Waals surface area (Å²) in [5, 5.41) is 12.1. The number of carbonyl (C=O) groups is 1. The zero-order valence-corrected chi connectivity index (χ0v) is 21.0. The van der Waals surface area contributed by atoms with Crippen LogP contribution in [0.4, 0.5) is 5.69 Å². The molecule has 0 radical (unpaired) electrons. The van der Waals surface area contributed by atoms with Crippen molar-refractivity contribution in [1.82, 2.24) is 14.8 Å². The lowest BCUT2D eigenvalue weighted by atomic mass is 10.2. The summed E-state index contributed by atoms with van der Waals surface area (Å²) in [4.78, 5) is 12.4. The lowest BCUT2D eigenvalue weighted by Crippen LogP contribution is -2.15. The number of halogens is 1. The predicted molar refractivity (Wildman–Crippen MR) is 131 cm³/mol. The summed E-state index contributed by atoms with van der Waals surface area (Å²) < 4.78 is 14.6. The quantitative estimate of drug-likeness (QED) is 0.362. The molecule has 3 rings (SSSR count). The van der Waals surface area contributed by atoms with Gasteiger partial charge in [0.25, 0.3) is 0 Å². The Morgan fingerprint density at radius 3 is 2.62 bits per heavy atom. The second kappa shape index (κ2) is 11.4. The van der Waals surface area contributed by atoms with Crippen molar-refractivity contribution in [2.75, 3.05) is 17.7 Å². The van der Waals surface area contributed by atoms with Gasteiger partial charge >= 0.3 is 0 Å². The van der Waals surface area contributed by atoms with Gasteiger partial charge in [0.05, 0.1) is 12.4 Å². The Morgan fingerprint density at radius 1 is 1.09 bits per heavy atom. The molecule has 0 unspecified atom stereocenters. The maximum absolute atomic E-state index is 12.4. The molecule has 9 heteroatoms. The first-order valence-electron chi connectivity index (χ1n) is 10.4. The first-order valence-corrected chi connectivity index (χ1v) is 12.2. The number of benzene rings is 2. The fourth-order valence-corrected chi connectivity index (χ4v) is 4.11. The van der Waals surface area contributed by atoms with Gasteiger partial charge in [0.1, 0.15) is 6.61 Å². The molecule has 1 N–H and O–H groups in total. The molecule has 2 aromatic carbocycles. The summed E-state index contributed by atoms with van der Waals surface area (Å²) in [6, 6.07) is 11.6. The summed E-state index contributed by atoms with van der Waals surface area (Å²) in [5.74, 6) is 2.22. The molecule has 1 aromatic heterocycles. The van der Waals surface area contributed by atoms with Crippen LogP contribution in [0.25, 0.3) is 0 Å². The van der Waals surface area contributed by atoms with Gasteiger partial charge in [-0.3, -0.25) is 4.79 Å². The average molecular weight is 519 g/mol. The highest BCUT2D eigenvalue weighted by molar-refractivity contribution is 9.10. The minimum atomic E-state index is -0.0961. The van der Waals surface area contributed by atoms with Gasteiger partial charge in [-0.05, 0) is 69.2 Å². The van der Waals surface area contributed by atoms with E-state index in [1.165, 1.54) is 11.8 Å². The number of ether oxygens (including phenoxy) is 2. The van der Waals surface area contributed by atoms with Crippen LogP contribution in [-0.2, 0) is 17.9 Å². The van der Waals surface area contributed by atoms with E-state index in [4.69, 9.17) is 9.47 Å². The lowest BCUT2D eigenvalue weighted by Gasteiger charge is -2.13. The second-order valence-electron chi connectivity index (χ2n) is 7.12. The topological polar surface area (TPSA) is 78.3 Å². The summed E-state index contributed by atoms with van der Waals surface area (Å²) in [7, 11) is 0. The maximum Gasteiger partial charge on any atom is 0.234 e. The third-order valence-electron chi connectivity index (χ3n) is 4.64. The van der Waals surface area contributed by atoms with Crippen LogP contribution in [0.1, 0.15) is 30.8 Å². The highest BCUT2D eigenvalue weighted by Gasteiger charge is 2.15. The van der Waals surface area contributed by atoms with Gasteiger partial charge in [0.15, 0.2) is 22.5 Å². The Kier molecular flexibility index (Phi) is 8.58. The van der Waals surface area contributed by atoms with E-state index in [1.54, 1.807) is 0 Å². The molecule has 7 nitrogen and oxygen atoms in total. The molecule has 0 atom stereocenters. The summed E-state index contributed by atoms with van der Waals surface area (Å²) >= 11 is 4.82. The predicted octanol–water partition coefficient (Wildman–Crippen LogP) is 5.39. The van der Waals surface area contributed by atoms with Gasteiger partial charge in [0, 0.05) is 16.7 Å². The number of thioether (sulfide) groups is 1. The van der Waals surface area contributed by atoms with Crippen LogP contribution in [-0.4, -0.2) is 33.0 Å². The highest BCUT2D eigenvalue weighted by atomic mass is 79.9. The Morgan fingerprint density at radius 2 is 1.91 bits per heavy atom. The average Bonchev–Trinajstić information content (AvgIpc) is 3.16. The molecular weight excluding hydrogens is 492 g/mol. The molecule has 0 aliphatic rings. The number of hydrogen-bond acceptors (Lipinski definition) is 6. The van der Waals surface area contributed by atoms with Crippen LogP contribution in [0.15, 0.2) is 46.0 Å². The van der Waals surface area contributed by atoms with Crippen LogP contribution >= 0.6 is 27.7 Å². The molecule has 0 bridgehead atoms. The number of aryl methyl sites for hydroxylation is 2. The molecule has 1 heterocycles. The van der Waals surface area contributed by atoms with Gasteiger partial charge in [0.2, 0.25) is 5.91 Å². The Balaban J connectivity index is 1.61. The number of carbonyl (C=O) groups excluding carboxylic acids is 1. The van der Waals surface area contributed by atoms with E-state index >= 15 is 0 Å². The van der Waals surface area contributed by atoms with E-state index in [-0.39, 0.29) is 18.3 Å². The highest BCUT2D eigenvalue weighted by Crippen LogP contribution is 2.29. The molecular formula is C23H27BrN4O3S. The van der Waals surface area contributed by atoms with Gasteiger partial charge in [-0.25, -0.2) is 0 Å². The SMILES string of the molecule is CCOc1cc(C)ccc1OCc1nnc(SCC(=O)Nc2ccc(Br)c(C)c2)n1CC. The molecule has 0 aliphatic heterocycles. The molecule has 0 aliphatic carbocycles. The normalized spacial score (nSPS) is 10.8. The molecule has 0 saturated carbocycles. The zero-order valence-electron chi connectivity index (χ0n) is 18.6. The molecule has 32 heavy (non-hydrogen) atoms. The number of anilines is 1. The van der Waals surface area contributed by atoms with Gasteiger partial charge < -0.3 is 19.4 Å². The summed E-state index contributed by atoms with van der Waals surface area (Å²) in [5.41, 5.74) is 2.94. The van der Waals surface area contributed by atoms with Crippen LogP contribution in [0.3, 0.4) is 0 Å². The molecule has 0 spiro atoms. The maximum atomic E-state index is 12.4.